The van der Waals surface area contributed by atoms with Crippen molar-refractivity contribution >= 4 is 0 Å². The fourth-order valence-corrected chi connectivity index (χ4v) is 6.80. The Kier molecular flexibility index (Phi) is 4.19. The molecule has 3 fully saturated rings. The van der Waals surface area contributed by atoms with E-state index in [1.807, 2.05) is 0 Å². The molecule has 0 aromatic carbocycles. The second-order valence-electron chi connectivity index (χ2n) is 9.49. The number of hydrogen-bond donors (Lipinski definition) is 1. The monoisotopic (exact) mass is 292 g/mol. The smallest absolute Gasteiger partial charge is 0.0487 e. The fourth-order valence-electron chi connectivity index (χ4n) is 6.80. The summed E-state index contributed by atoms with van der Waals surface area (Å²) in [7, 11) is 0. The largest absolute Gasteiger partial charge is 0.396 e. The molecule has 1 N–H and O–H groups in total. The standard InChI is InChI=1S/C20H36O/c1-14(2)15-6-8-17-16(12-15)7-9-18-19(3,13-21)10-5-11-20(17,18)4/h14-18,21H,5-13H2,1-4H3/t15-,16+,17-,18-,19+,20+/m0/s1. The molecule has 3 aliphatic rings. The Morgan fingerprint density at radius 1 is 1.05 bits per heavy atom. The molecule has 3 saturated carbocycles. The minimum Gasteiger partial charge on any atom is -0.396 e. The molecule has 0 aromatic heterocycles. The van der Waals surface area contributed by atoms with Crippen LogP contribution in [0.5, 0.6) is 0 Å². The van der Waals surface area contributed by atoms with E-state index in [1.165, 1.54) is 51.4 Å². The van der Waals surface area contributed by atoms with Gasteiger partial charge in [0.05, 0.1) is 0 Å². The van der Waals surface area contributed by atoms with Crippen molar-refractivity contribution in [2.45, 2.75) is 79.1 Å². The zero-order valence-electron chi connectivity index (χ0n) is 14.7. The first kappa shape index (κ1) is 15.8. The summed E-state index contributed by atoms with van der Waals surface area (Å²) in [5.74, 6) is 4.52. The lowest BCUT2D eigenvalue weighted by atomic mass is 9.44. The highest BCUT2D eigenvalue weighted by atomic mass is 16.3. The van der Waals surface area contributed by atoms with E-state index in [0.29, 0.717) is 12.0 Å². The summed E-state index contributed by atoms with van der Waals surface area (Å²) in [4.78, 5) is 0. The number of rotatable bonds is 2. The van der Waals surface area contributed by atoms with Crippen molar-refractivity contribution in [3.63, 3.8) is 0 Å². The summed E-state index contributed by atoms with van der Waals surface area (Å²) >= 11 is 0. The van der Waals surface area contributed by atoms with Crippen molar-refractivity contribution in [1.82, 2.24) is 0 Å². The molecule has 6 atom stereocenters. The van der Waals surface area contributed by atoms with E-state index in [1.54, 1.807) is 0 Å². The van der Waals surface area contributed by atoms with Crippen molar-refractivity contribution < 1.29 is 5.11 Å². The summed E-state index contributed by atoms with van der Waals surface area (Å²) in [5.41, 5.74) is 0.716. The zero-order valence-corrected chi connectivity index (χ0v) is 14.7. The second kappa shape index (κ2) is 5.55. The summed E-state index contributed by atoms with van der Waals surface area (Å²) in [5, 5.41) is 10.0. The molecule has 0 spiro atoms. The van der Waals surface area contributed by atoms with E-state index in [0.717, 1.165) is 29.6 Å². The van der Waals surface area contributed by atoms with Gasteiger partial charge in [0.15, 0.2) is 0 Å². The molecule has 0 heterocycles. The molecule has 0 unspecified atom stereocenters. The quantitative estimate of drug-likeness (QED) is 0.734. The summed E-state index contributed by atoms with van der Waals surface area (Å²) in [6.07, 6.45) is 11.2. The first-order chi connectivity index (χ1) is 9.90. The number of hydrogen-bond acceptors (Lipinski definition) is 1. The zero-order chi connectivity index (χ0) is 15.3. The van der Waals surface area contributed by atoms with E-state index in [2.05, 4.69) is 27.7 Å². The molecule has 122 valence electrons. The van der Waals surface area contributed by atoms with Gasteiger partial charge in [0.25, 0.3) is 0 Å². The van der Waals surface area contributed by atoms with Crippen LogP contribution in [0.3, 0.4) is 0 Å². The second-order valence-corrected chi connectivity index (χ2v) is 9.49. The van der Waals surface area contributed by atoms with Gasteiger partial charge in [-0.2, -0.15) is 0 Å². The van der Waals surface area contributed by atoms with Crippen LogP contribution in [0.25, 0.3) is 0 Å². The van der Waals surface area contributed by atoms with Crippen LogP contribution in [-0.2, 0) is 0 Å². The van der Waals surface area contributed by atoms with Crippen LogP contribution in [0.4, 0.5) is 0 Å². The van der Waals surface area contributed by atoms with Crippen LogP contribution in [-0.4, -0.2) is 11.7 Å². The Bertz CT molecular complexity index is 376. The van der Waals surface area contributed by atoms with Gasteiger partial charge < -0.3 is 5.11 Å². The average molecular weight is 293 g/mol. The number of aliphatic hydroxyl groups excluding tert-OH is 1. The Morgan fingerprint density at radius 3 is 2.48 bits per heavy atom. The lowest BCUT2D eigenvalue weighted by Crippen LogP contribution is -2.54. The predicted molar refractivity (Wildman–Crippen MR) is 89.0 cm³/mol. The van der Waals surface area contributed by atoms with Gasteiger partial charge in [0.2, 0.25) is 0 Å². The molecule has 0 bridgehead atoms. The number of aliphatic hydroxyl groups is 1. The van der Waals surface area contributed by atoms with Gasteiger partial charge in [0, 0.05) is 6.61 Å². The lowest BCUT2D eigenvalue weighted by molar-refractivity contribution is -0.135. The topological polar surface area (TPSA) is 20.2 Å². The molecule has 21 heavy (non-hydrogen) atoms. The van der Waals surface area contributed by atoms with E-state index in [9.17, 15) is 5.11 Å². The predicted octanol–water partition coefficient (Wildman–Crippen LogP) is 5.27. The molecule has 0 amide bonds. The van der Waals surface area contributed by atoms with Crippen molar-refractivity contribution in [2.24, 2.45) is 40.4 Å². The van der Waals surface area contributed by atoms with Crippen LogP contribution in [0.15, 0.2) is 0 Å². The van der Waals surface area contributed by atoms with Gasteiger partial charge in [-0.1, -0.05) is 34.1 Å². The van der Waals surface area contributed by atoms with E-state index in [-0.39, 0.29) is 5.41 Å². The third-order valence-corrected chi connectivity index (χ3v) is 8.10. The molecular formula is C20H36O. The van der Waals surface area contributed by atoms with Gasteiger partial charge in [-0.15, -0.1) is 0 Å². The Morgan fingerprint density at radius 2 is 1.81 bits per heavy atom. The lowest BCUT2D eigenvalue weighted by Gasteiger charge is -2.61. The highest BCUT2D eigenvalue weighted by Gasteiger charge is 2.56. The van der Waals surface area contributed by atoms with E-state index >= 15 is 0 Å². The molecule has 3 aliphatic carbocycles. The molecule has 0 aromatic rings. The normalized spacial score (nSPS) is 50.6. The maximum absolute atomic E-state index is 10.0. The molecule has 1 nitrogen and oxygen atoms in total. The third-order valence-electron chi connectivity index (χ3n) is 8.10. The van der Waals surface area contributed by atoms with Crippen molar-refractivity contribution in [3.8, 4) is 0 Å². The average Bonchev–Trinajstić information content (AvgIpc) is 2.46. The highest BCUT2D eigenvalue weighted by Crippen LogP contribution is 2.64. The molecule has 3 rings (SSSR count). The van der Waals surface area contributed by atoms with E-state index < -0.39 is 0 Å². The minimum absolute atomic E-state index is 0.201. The molecule has 1 heteroatoms. The summed E-state index contributed by atoms with van der Waals surface area (Å²) in [6.45, 7) is 10.2. The maximum Gasteiger partial charge on any atom is 0.0487 e. The minimum atomic E-state index is 0.201. The van der Waals surface area contributed by atoms with Gasteiger partial charge in [-0.05, 0) is 85.4 Å². The molecular weight excluding hydrogens is 256 g/mol. The Labute approximate surface area is 131 Å². The third kappa shape index (κ3) is 2.48. The van der Waals surface area contributed by atoms with Crippen LogP contribution in [0, 0.1) is 40.4 Å². The SMILES string of the molecule is CC(C)[C@H]1CC[C@H]2[C@H](CC[C@H]3[C@@](C)(CO)CCC[C@]23C)C1. The van der Waals surface area contributed by atoms with Gasteiger partial charge >= 0.3 is 0 Å². The summed E-state index contributed by atoms with van der Waals surface area (Å²) < 4.78 is 0. The van der Waals surface area contributed by atoms with Crippen molar-refractivity contribution in [3.05, 3.63) is 0 Å². The number of fused-ring (bicyclic) bond motifs is 3. The van der Waals surface area contributed by atoms with Crippen LogP contribution >= 0.6 is 0 Å². The Hall–Kier alpha value is -0.0400. The maximum atomic E-state index is 10.0. The van der Waals surface area contributed by atoms with Gasteiger partial charge in [-0.25, -0.2) is 0 Å². The van der Waals surface area contributed by atoms with Crippen molar-refractivity contribution in [1.29, 1.82) is 0 Å². The Balaban J connectivity index is 1.82. The van der Waals surface area contributed by atoms with Gasteiger partial charge in [0.1, 0.15) is 0 Å². The molecule has 0 saturated heterocycles. The van der Waals surface area contributed by atoms with Crippen LogP contribution < -0.4 is 0 Å². The molecule has 0 radical (unpaired) electrons. The first-order valence-corrected chi connectivity index (χ1v) is 9.51. The highest BCUT2D eigenvalue weighted by molar-refractivity contribution is 5.05. The van der Waals surface area contributed by atoms with Crippen molar-refractivity contribution in [2.75, 3.05) is 6.61 Å². The summed E-state index contributed by atoms with van der Waals surface area (Å²) in [6, 6.07) is 0. The first-order valence-electron chi connectivity index (χ1n) is 9.51. The van der Waals surface area contributed by atoms with E-state index in [4.69, 9.17) is 0 Å². The molecule has 0 aliphatic heterocycles. The fraction of sp³-hybridized carbons (Fsp3) is 1.00. The van der Waals surface area contributed by atoms with Crippen LogP contribution in [0.2, 0.25) is 0 Å². The van der Waals surface area contributed by atoms with Gasteiger partial charge in [-0.3, -0.25) is 0 Å². The van der Waals surface area contributed by atoms with Crippen LogP contribution in [0.1, 0.15) is 79.1 Å².